The summed E-state index contributed by atoms with van der Waals surface area (Å²) in [4.78, 5) is 12.2. The van der Waals surface area contributed by atoms with Crippen molar-refractivity contribution < 1.29 is 9.53 Å². The van der Waals surface area contributed by atoms with Crippen LogP contribution in [0.4, 0.5) is 5.69 Å². The number of carbonyl (C=O) groups excluding carboxylic acids is 1. The Morgan fingerprint density at radius 3 is 2.67 bits per heavy atom. The van der Waals surface area contributed by atoms with Crippen LogP contribution in [0.2, 0.25) is 0 Å². The van der Waals surface area contributed by atoms with E-state index in [9.17, 15) is 4.79 Å². The number of carbonyl (C=O) groups is 1. The summed E-state index contributed by atoms with van der Waals surface area (Å²) < 4.78 is 5.13. The molecule has 0 radical (unpaired) electrons. The zero-order valence-electron chi connectivity index (χ0n) is 11.0. The van der Waals surface area contributed by atoms with Crippen molar-refractivity contribution in [3.8, 4) is 5.75 Å². The van der Waals surface area contributed by atoms with E-state index in [1.807, 2.05) is 0 Å². The number of ether oxygens (including phenoxy) is 1. The highest BCUT2D eigenvalue weighted by atomic mass is 16.5. The molecule has 1 aliphatic carbocycles. The summed E-state index contributed by atoms with van der Waals surface area (Å²) in [6, 6.07) is 5.26. The van der Waals surface area contributed by atoms with Gasteiger partial charge in [0.2, 0.25) is 0 Å². The average molecular weight is 248 g/mol. The van der Waals surface area contributed by atoms with E-state index in [0.29, 0.717) is 17.0 Å². The molecule has 0 unspecified atom stereocenters. The van der Waals surface area contributed by atoms with Crippen molar-refractivity contribution in [3.05, 3.63) is 23.8 Å². The number of hydrogen-bond donors (Lipinski definition) is 2. The Morgan fingerprint density at radius 1 is 1.39 bits per heavy atom. The third kappa shape index (κ3) is 2.42. The van der Waals surface area contributed by atoms with Crippen molar-refractivity contribution in [1.29, 1.82) is 0 Å². The molecule has 0 atom stereocenters. The highest BCUT2D eigenvalue weighted by Crippen LogP contribution is 2.30. The van der Waals surface area contributed by atoms with E-state index < -0.39 is 0 Å². The molecule has 0 heterocycles. The molecule has 1 aromatic rings. The van der Waals surface area contributed by atoms with Crippen molar-refractivity contribution >= 4 is 11.6 Å². The van der Waals surface area contributed by atoms with Gasteiger partial charge in [-0.25, -0.2) is 0 Å². The second-order valence-corrected chi connectivity index (χ2v) is 5.14. The van der Waals surface area contributed by atoms with Crippen molar-refractivity contribution in [2.75, 3.05) is 12.8 Å². The zero-order valence-corrected chi connectivity index (χ0v) is 11.0. The Labute approximate surface area is 108 Å². The number of nitrogens with one attached hydrogen (secondary N) is 1. The molecule has 0 spiro atoms. The van der Waals surface area contributed by atoms with Gasteiger partial charge in [0.25, 0.3) is 5.91 Å². The number of rotatable bonds is 3. The number of hydrogen-bond acceptors (Lipinski definition) is 3. The molecule has 1 aromatic carbocycles. The first-order valence-corrected chi connectivity index (χ1v) is 6.31. The Kier molecular flexibility index (Phi) is 3.45. The van der Waals surface area contributed by atoms with Gasteiger partial charge in [-0.1, -0.05) is 18.9 Å². The quantitative estimate of drug-likeness (QED) is 0.807. The van der Waals surface area contributed by atoms with E-state index in [4.69, 9.17) is 10.5 Å². The van der Waals surface area contributed by atoms with E-state index in [1.165, 1.54) is 12.8 Å². The molecule has 0 aromatic heterocycles. The van der Waals surface area contributed by atoms with E-state index in [-0.39, 0.29) is 11.4 Å². The molecule has 1 amide bonds. The number of methoxy groups -OCH3 is 1. The summed E-state index contributed by atoms with van der Waals surface area (Å²) >= 11 is 0. The molecular formula is C14H20N2O2. The van der Waals surface area contributed by atoms with Crippen molar-refractivity contribution in [2.24, 2.45) is 0 Å². The van der Waals surface area contributed by atoms with Crippen LogP contribution in [0.1, 0.15) is 43.0 Å². The van der Waals surface area contributed by atoms with Gasteiger partial charge in [-0.15, -0.1) is 0 Å². The fourth-order valence-electron chi connectivity index (χ4n) is 2.54. The highest BCUT2D eigenvalue weighted by Gasteiger charge is 2.31. The molecule has 2 rings (SSSR count). The fourth-order valence-corrected chi connectivity index (χ4v) is 2.54. The highest BCUT2D eigenvalue weighted by molar-refractivity contribution is 6.00. The predicted octanol–water partition coefficient (Wildman–Crippen LogP) is 2.34. The topological polar surface area (TPSA) is 64.3 Å². The van der Waals surface area contributed by atoms with Crippen molar-refractivity contribution in [2.45, 2.75) is 38.1 Å². The van der Waals surface area contributed by atoms with Gasteiger partial charge in [0, 0.05) is 5.54 Å². The smallest absolute Gasteiger partial charge is 0.253 e. The first-order chi connectivity index (χ1) is 8.56. The second kappa shape index (κ2) is 4.88. The lowest BCUT2D eigenvalue weighted by Gasteiger charge is -2.25. The fraction of sp³-hybridized carbons (Fsp3) is 0.500. The Balaban J connectivity index is 2.18. The minimum Gasteiger partial charge on any atom is -0.495 e. The maximum Gasteiger partial charge on any atom is 0.253 e. The molecule has 18 heavy (non-hydrogen) atoms. The number of benzene rings is 1. The monoisotopic (exact) mass is 248 g/mol. The van der Waals surface area contributed by atoms with Crippen LogP contribution in [0.15, 0.2) is 18.2 Å². The molecular weight excluding hydrogens is 228 g/mol. The van der Waals surface area contributed by atoms with Crippen LogP contribution in [-0.2, 0) is 0 Å². The van der Waals surface area contributed by atoms with Gasteiger partial charge < -0.3 is 15.8 Å². The number of amides is 1. The number of anilines is 1. The lowest BCUT2D eigenvalue weighted by atomic mass is 9.99. The molecule has 0 saturated heterocycles. The Morgan fingerprint density at radius 2 is 2.06 bits per heavy atom. The van der Waals surface area contributed by atoms with E-state index >= 15 is 0 Å². The largest absolute Gasteiger partial charge is 0.495 e. The van der Waals surface area contributed by atoms with Crippen molar-refractivity contribution in [1.82, 2.24) is 5.32 Å². The van der Waals surface area contributed by atoms with Gasteiger partial charge in [0.15, 0.2) is 0 Å². The normalized spacial score (nSPS) is 17.4. The van der Waals surface area contributed by atoms with Crippen molar-refractivity contribution in [3.63, 3.8) is 0 Å². The summed E-state index contributed by atoms with van der Waals surface area (Å²) in [5.41, 5.74) is 6.73. The minimum atomic E-state index is -0.115. The summed E-state index contributed by atoms with van der Waals surface area (Å²) in [7, 11) is 1.55. The van der Waals surface area contributed by atoms with Gasteiger partial charge in [-0.3, -0.25) is 4.79 Å². The van der Waals surface area contributed by atoms with Gasteiger partial charge in [0.05, 0.1) is 18.4 Å². The first-order valence-electron chi connectivity index (χ1n) is 6.31. The van der Waals surface area contributed by atoms with Crippen LogP contribution in [0.5, 0.6) is 5.75 Å². The lowest BCUT2D eigenvalue weighted by Crippen LogP contribution is -2.43. The summed E-state index contributed by atoms with van der Waals surface area (Å²) in [5, 5.41) is 3.09. The molecule has 1 fully saturated rings. The average Bonchev–Trinajstić information content (AvgIpc) is 2.76. The van der Waals surface area contributed by atoms with Gasteiger partial charge >= 0.3 is 0 Å². The molecule has 0 bridgehead atoms. The van der Waals surface area contributed by atoms with Gasteiger partial charge in [0.1, 0.15) is 5.75 Å². The molecule has 0 aliphatic heterocycles. The SMILES string of the molecule is COc1cccc(C(=O)NC2(C)CCCC2)c1N. The standard InChI is InChI=1S/C14H20N2O2/c1-14(8-3-4-9-14)16-13(17)10-6-5-7-11(18-2)12(10)15/h5-7H,3-4,8-9,15H2,1-2H3,(H,16,17). The maximum absolute atomic E-state index is 12.2. The lowest BCUT2D eigenvalue weighted by molar-refractivity contribution is 0.0908. The second-order valence-electron chi connectivity index (χ2n) is 5.14. The van der Waals surface area contributed by atoms with Crippen LogP contribution < -0.4 is 15.8 Å². The number of nitrogens with two attached hydrogens (primary N) is 1. The third-order valence-corrected chi connectivity index (χ3v) is 3.65. The van der Waals surface area contributed by atoms with Crippen LogP contribution in [0.25, 0.3) is 0 Å². The third-order valence-electron chi connectivity index (χ3n) is 3.65. The Hall–Kier alpha value is -1.71. The predicted molar refractivity (Wildman–Crippen MR) is 71.7 cm³/mol. The van der Waals surface area contributed by atoms with E-state index in [0.717, 1.165) is 12.8 Å². The summed E-state index contributed by atoms with van der Waals surface area (Å²) in [5.74, 6) is 0.426. The zero-order chi connectivity index (χ0) is 13.2. The van der Waals surface area contributed by atoms with Crippen LogP contribution in [0, 0.1) is 0 Å². The molecule has 4 heteroatoms. The van der Waals surface area contributed by atoms with E-state index in [2.05, 4.69) is 12.2 Å². The minimum absolute atomic E-state index is 0.0907. The van der Waals surface area contributed by atoms with E-state index in [1.54, 1.807) is 25.3 Å². The molecule has 1 aliphatic rings. The summed E-state index contributed by atoms with van der Waals surface area (Å²) in [6.45, 7) is 2.09. The summed E-state index contributed by atoms with van der Waals surface area (Å²) in [6.07, 6.45) is 4.40. The molecule has 1 saturated carbocycles. The molecule has 4 nitrogen and oxygen atoms in total. The molecule has 3 N–H and O–H groups in total. The van der Waals surface area contributed by atoms with Gasteiger partial charge in [-0.05, 0) is 31.9 Å². The Bertz CT molecular complexity index is 451. The van der Waals surface area contributed by atoms with Gasteiger partial charge in [-0.2, -0.15) is 0 Å². The van der Waals surface area contributed by atoms with Crippen LogP contribution >= 0.6 is 0 Å². The maximum atomic E-state index is 12.2. The number of para-hydroxylation sites is 1. The molecule has 98 valence electrons. The number of nitrogen functional groups attached to an aromatic ring is 1. The van der Waals surface area contributed by atoms with Crippen LogP contribution in [0.3, 0.4) is 0 Å². The first kappa shape index (κ1) is 12.7. The van der Waals surface area contributed by atoms with Crippen LogP contribution in [-0.4, -0.2) is 18.6 Å².